The third-order valence-corrected chi connectivity index (χ3v) is 3.65. The SMILES string of the molecule is Cc1csc(CC(CCCC(C)C)NN)n1. The highest BCUT2D eigenvalue weighted by Crippen LogP contribution is 2.14. The van der Waals surface area contributed by atoms with E-state index in [1.807, 2.05) is 6.92 Å². The summed E-state index contributed by atoms with van der Waals surface area (Å²) in [7, 11) is 0. The van der Waals surface area contributed by atoms with Crippen molar-refractivity contribution in [3.05, 3.63) is 16.1 Å². The smallest absolute Gasteiger partial charge is 0.0944 e. The van der Waals surface area contributed by atoms with Crippen LogP contribution in [0.2, 0.25) is 0 Å². The second kappa shape index (κ2) is 6.99. The van der Waals surface area contributed by atoms with Crippen molar-refractivity contribution in [2.24, 2.45) is 11.8 Å². The van der Waals surface area contributed by atoms with Crippen LogP contribution in [0.1, 0.15) is 43.8 Å². The van der Waals surface area contributed by atoms with E-state index in [0.717, 1.165) is 24.5 Å². The van der Waals surface area contributed by atoms with Gasteiger partial charge < -0.3 is 0 Å². The average molecular weight is 241 g/mol. The summed E-state index contributed by atoms with van der Waals surface area (Å²) in [5.41, 5.74) is 4.01. The lowest BCUT2D eigenvalue weighted by molar-refractivity contribution is 0.441. The average Bonchev–Trinajstić information content (AvgIpc) is 2.62. The molecule has 92 valence electrons. The maximum Gasteiger partial charge on any atom is 0.0944 e. The Labute approximate surface area is 102 Å². The number of hydrazine groups is 1. The first-order valence-corrected chi connectivity index (χ1v) is 6.87. The summed E-state index contributed by atoms with van der Waals surface area (Å²) in [5, 5.41) is 3.28. The fourth-order valence-corrected chi connectivity index (χ4v) is 2.58. The zero-order valence-corrected chi connectivity index (χ0v) is 11.3. The zero-order valence-electron chi connectivity index (χ0n) is 10.5. The molecule has 0 aliphatic heterocycles. The predicted octanol–water partition coefficient (Wildman–Crippen LogP) is 2.65. The number of rotatable bonds is 7. The molecule has 0 bridgehead atoms. The van der Waals surface area contributed by atoms with Gasteiger partial charge in [0.2, 0.25) is 0 Å². The lowest BCUT2D eigenvalue weighted by Crippen LogP contribution is -2.36. The maximum atomic E-state index is 5.57. The van der Waals surface area contributed by atoms with E-state index in [1.54, 1.807) is 11.3 Å². The fourth-order valence-electron chi connectivity index (χ4n) is 1.72. The molecule has 0 aromatic carbocycles. The quantitative estimate of drug-likeness (QED) is 0.570. The predicted molar refractivity (Wildman–Crippen MR) is 70.4 cm³/mol. The van der Waals surface area contributed by atoms with Crippen molar-refractivity contribution < 1.29 is 0 Å². The van der Waals surface area contributed by atoms with Crippen LogP contribution >= 0.6 is 11.3 Å². The molecule has 1 atom stereocenters. The van der Waals surface area contributed by atoms with Gasteiger partial charge in [-0.15, -0.1) is 11.3 Å². The Bertz CT molecular complexity index is 296. The van der Waals surface area contributed by atoms with Gasteiger partial charge in [0.15, 0.2) is 0 Å². The summed E-state index contributed by atoms with van der Waals surface area (Å²) >= 11 is 1.73. The van der Waals surface area contributed by atoms with E-state index >= 15 is 0 Å². The van der Waals surface area contributed by atoms with Gasteiger partial charge in [-0.2, -0.15) is 0 Å². The molecular weight excluding hydrogens is 218 g/mol. The van der Waals surface area contributed by atoms with Gasteiger partial charge >= 0.3 is 0 Å². The van der Waals surface area contributed by atoms with Gasteiger partial charge in [0.1, 0.15) is 0 Å². The Hall–Kier alpha value is -0.450. The van der Waals surface area contributed by atoms with E-state index in [4.69, 9.17) is 5.84 Å². The van der Waals surface area contributed by atoms with E-state index in [0.29, 0.717) is 6.04 Å². The number of hydrogen-bond donors (Lipinski definition) is 2. The first kappa shape index (κ1) is 13.6. The molecule has 4 heteroatoms. The Kier molecular flexibility index (Phi) is 5.95. The maximum absolute atomic E-state index is 5.57. The third kappa shape index (κ3) is 5.05. The zero-order chi connectivity index (χ0) is 12.0. The van der Waals surface area contributed by atoms with Crippen LogP contribution < -0.4 is 11.3 Å². The minimum atomic E-state index is 0.365. The minimum absolute atomic E-state index is 0.365. The van der Waals surface area contributed by atoms with E-state index < -0.39 is 0 Å². The van der Waals surface area contributed by atoms with Crippen LogP contribution in [0.4, 0.5) is 0 Å². The molecule has 0 aliphatic carbocycles. The molecule has 0 amide bonds. The third-order valence-electron chi connectivity index (χ3n) is 2.66. The van der Waals surface area contributed by atoms with Crippen molar-refractivity contribution in [3.63, 3.8) is 0 Å². The largest absolute Gasteiger partial charge is 0.271 e. The van der Waals surface area contributed by atoms with Crippen molar-refractivity contribution in [3.8, 4) is 0 Å². The van der Waals surface area contributed by atoms with Crippen molar-refractivity contribution in [2.75, 3.05) is 0 Å². The van der Waals surface area contributed by atoms with Crippen molar-refractivity contribution in [1.82, 2.24) is 10.4 Å². The number of aryl methyl sites for hydroxylation is 1. The van der Waals surface area contributed by atoms with Gasteiger partial charge in [-0.05, 0) is 19.3 Å². The number of aromatic nitrogens is 1. The van der Waals surface area contributed by atoms with Crippen LogP contribution in [0.5, 0.6) is 0 Å². The molecule has 0 saturated carbocycles. The van der Waals surface area contributed by atoms with Crippen molar-refractivity contribution >= 4 is 11.3 Å². The van der Waals surface area contributed by atoms with Gasteiger partial charge in [-0.3, -0.25) is 11.3 Å². The highest BCUT2D eigenvalue weighted by Gasteiger charge is 2.10. The van der Waals surface area contributed by atoms with Crippen LogP contribution in [-0.2, 0) is 6.42 Å². The monoisotopic (exact) mass is 241 g/mol. The number of nitrogens with one attached hydrogen (secondary N) is 1. The topological polar surface area (TPSA) is 50.9 Å². The molecule has 3 nitrogen and oxygen atoms in total. The van der Waals surface area contributed by atoms with Crippen molar-refractivity contribution in [1.29, 1.82) is 0 Å². The van der Waals surface area contributed by atoms with E-state index in [-0.39, 0.29) is 0 Å². The molecule has 1 unspecified atom stereocenters. The molecular formula is C12H23N3S. The summed E-state index contributed by atoms with van der Waals surface area (Å²) < 4.78 is 0. The van der Waals surface area contributed by atoms with Crippen LogP contribution in [-0.4, -0.2) is 11.0 Å². The van der Waals surface area contributed by atoms with Crippen LogP contribution in [0, 0.1) is 12.8 Å². The lowest BCUT2D eigenvalue weighted by Gasteiger charge is -2.14. The molecule has 0 saturated heterocycles. The second-order valence-electron chi connectivity index (χ2n) is 4.78. The van der Waals surface area contributed by atoms with Crippen molar-refractivity contribution in [2.45, 2.75) is 52.5 Å². The molecule has 0 aliphatic rings. The van der Waals surface area contributed by atoms with Crippen LogP contribution in [0.25, 0.3) is 0 Å². The molecule has 0 radical (unpaired) electrons. The Morgan fingerprint density at radius 3 is 2.69 bits per heavy atom. The Morgan fingerprint density at radius 2 is 2.19 bits per heavy atom. The van der Waals surface area contributed by atoms with Gasteiger partial charge in [0.25, 0.3) is 0 Å². The summed E-state index contributed by atoms with van der Waals surface area (Å²) in [5.74, 6) is 6.35. The standard InChI is InChI=1S/C12H23N3S/c1-9(2)5-4-6-11(15-13)7-12-14-10(3)8-16-12/h8-9,11,15H,4-7,13H2,1-3H3. The molecule has 1 rings (SSSR count). The molecule has 0 fully saturated rings. The normalized spacial score (nSPS) is 13.3. The first-order valence-electron chi connectivity index (χ1n) is 5.99. The second-order valence-corrected chi connectivity index (χ2v) is 5.72. The van der Waals surface area contributed by atoms with E-state index in [1.165, 1.54) is 17.8 Å². The Balaban J connectivity index is 2.31. The van der Waals surface area contributed by atoms with Gasteiger partial charge in [-0.25, -0.2) is 4.98 Å². The number of nitrogens with zero attached hydrogens (tertiary/aromatic N) is 1. The molecule has 1 aromatic rings. The summed E-state index contributed by atoms with van der Waals surface area (Å²) in [6.45, 7) is 6.55. The highest BCUT2D eigenvalue weighted by molar-refractivity contribution is 7.09. The highest BCUT2D eigenvalue weighted by atomic mass is 32.1. The molecule has 0 spiro atoms. The van der Waals surface area contributed by atoms with E-state index in [2.05, 4.69) is 29.6 Å². The fraction of sp³-hybridized carbons (Fsp3) is 0.750. The van der Waals surface area contributed by atoms with Crippen LogP contribution in [0.3, 0.4) is 0 Å². The first-order chi connectivity index (χ1) is 7.61. The summed E-state index contributed by atoms with van der Waals surface area (Å²) in [6, 6.07) is 0.365. The van der Waals surface area contributed by atoms with Gasteiger partial charge in [-0.1, -0.05) is 26.7 Å². The van der Waals surface area contributed by atoms with Gasteiger partial charge in [0.05, 0.1) is 5.01 Å². The molecule has 1 heterocycles. The molecule has 1 aromatic heterocycles. The summed E-state index contributed by atoms with van der Waals surface area (Å²) in [6.07, 6.45) is 4.59. The summed E-state index contributed by atoms with van der Waals surface area (Å²) in [4.78, 5) is 4.46. The number of nitrogens with two attached hydrogens (primary N) is 1. The molecule has 16 heavy (non-hydrogen) atoms. The molecule has 3 N–H and O–H groups in total. The minimum Gasteiger partial charge on any atom is -0.271 e. The number of thiazole rings is 1. The Morgan fingerprint density at radius 1 is 1.44 bits per heavy atom. The van der Waals surface area contributed by atoms with Gasteiger partial charge in [0, 0.05) is 23.5 Å². The number of hydrogen-bond acceptors (Lipinski definition) is 4. The van der Waals surface area contributed by atoms with E-state index in [9.17, 15) is 0 Å². The van der Waals surface area contributed by atoms with Crippen LogP contribution in [0.15, 0.2) is 5.38 Å². The lowest BCUT2D eigenvalue weighted by atomic mass is 10.0.